The van der Waals surface area contributed by atoms with E-state index in [-0.39, 0.29) is 41.6 Å². The Morgan fingerprint density at radius 1 is 1.18 bits per heavy atom. The zero-order valence-corrected chi connectivity index (χ0v) is 19.1. The van der Waals surface area contributed by atoms with Crippen LogP contribution >= 0.6 is 11.6 Å². The van der Waals surface area contributed by atoms with Crippen LogP contribution in [0.3, 0.4) is 0 Å². The number of benzene rings is 1. The lowest BCUT2D eigenvalue weighted by Gasteiger charge is -2.20. The molecule has 12 heteroatoms. The SMILES string of the molecule is Cn1cnc(S(=O)(=O)N2C[C@H](NCc3ccc(C(F)(F)F)cc3Cl)[C@@H](c3ccccn3)C2)c1. The van der Waals surface area contributed by atoms with Crippen molar-refractivity contribution >= 4 is 21.6 Å². The van der Waals surface area contributed by atoms with Crippen molar-refractivity contribution in [2.45, 2.75) is 29.7 Å². The van der Waals surface area contributed by atoms with Gasteiger partial charge in [0, 0.05) is 61.8 Å². The van der Waals surface area contributed by atoms with Gasteiger partial charge in [-0.1, -0.05) is 23.7 Å². The van der Waals surface area contributed by atoms with Gasteiger partial charge in [0.2, 0.25) is 0 Å². The van der Waals surface area contributed by atoms with Gasteiger partial charge in [0.05, 0.1) is 11.9 Å². The number of halogens is 4. The Hall–Kier alpha value is -2.47. The van der Waals surface area contributed by atoms with Gasteiger partial charge in [-0.15, -0.1) is 0 Å². The van der Waals surface area contributed by atoms with Crippen LogP contribution in [0.5, 0.6) is 0 Å². The van der Waals surface area contributed by atoms with E-state index in [2.05, 4.69) is 15.3 Å². The number of aryl methyl sites for hydroxylation is 1. The highest BCUT2D eigenvalue weighted by molar-refractivity contribution is 7.89. The van der Waals surface area contributed by atoms with E-state index in [1.54, 1.807) is 23.9 Å². The Morgan fingerprint density at radius 2 is 1.97 bits per heavy atom. The minimum absolute atomic E-state index is 0.0114. The second-order valence-electron chi connectivity index (χ2n) is 7.85. The zero-order chi connectivity index (χ0) is 23.8. The monoisotopic (exact) mass is 499 g/mol. The molecule has 0 unspecified atom stereocenters. The van der Waals surface area contributed by atoms with Crippen LogP contribution in [0.1, 0.15) is 22.7 Å². The fraction of sp³-hybridized carbons (Fsp3) is 0.333. The van der Waals surface area contributed by atoms with Crippen LogP contribution in [0, 0.1) is 0 Å². The molecule has 0 saturated carbocycles. The van der Waals surface area contributed by atoms with E-state index in [4.69, 9.17) is 11.6 Å². The summed E-state index contributed by atoms with van der Waals surface area (Å²) < 4.78 is 67.9. The molecule has 0 amide bonds. The maximum atomic E-state index is 13.1. The highest BCUT2D eigenvalue weighted by atomic mass is 35.5. The number of alkyl halides is 3. The molecule has 1 aliphatic rings. The largest absolute Gasteiger partial charge is 0.416 e. The Labute approximate surface area is 194 Å². The summed E-state index contributed by atoms with van der Waals surface area (Å²) in [6.07, 6.45) is 0.00978. The van der Waals surface area contributed by atoms with Crippen molar-refractivity contribution in [3.8, 4) is 0 Å². The molecule has 0 aliphatic carbocycles. The lowest BCUT2D eigenvalue weighted by atomic mass is 9.98. The third kappa shape index (κ3) is 5.06. The van der Waals surface area contributed by atoms with Gasteiger partial charge in [0.15, 0.2) is 5.03 Å². The van der Waals surface area contributed by atoms with Gasteiger partial charge < -0.3 is 9.88 Å². The number of hydrogen-bond acceptors (Lipinski definition) is 5. The first-order valence-corrected chi connectivity index (χ1v) is 11.9. The summed E-state index contributed by atoms with van der Waals surface area (Å²) in [4.78, 5) is 8.36. The predicted octanol–water partition coefficient (Wildman–Crippen LogP) is 3.43. The molecule has 0 radical (unpaired) electrons. The summed E-state index contributed by atoms with van der Waals surface area (Å²) in [6.45, 7) is 0.509. The molecule has 7 nitrogen and oxygen atoms in total. The summed E-state index contributed by atoms with van der Waals surface area (Å²) in [5.74, 6) is -0.266. The maximum Gasteiger partial charge on any atom is 0.416 e. The Morgan fingerprint density at radius 3 is 2.58 bits per heavy atom. The molecule has 1 fully saturated rings. The number of nitrogens with zero attached hydrogens (tertiary/aromatic N) is 4. The number of imidazole rings is 1. The predicted molar refractivity (Wildman–Crippen MR) is 116 cm³/mol. The Kier molecular flexibility index (Phi) is 6.50. The van der Waals surface area contributed by atoms with Crippen LogP contribution in [-0.4, -0.2) is 46.4 Å². The molecule has 0 spiro atoms. The first-order chi connectivity index (χ1) is 15.6. The Bertz CT molecular complexity index is 1230. The molecule has 0 bridgehead atoms. The van der Waals surface area contributed by atoms with Crippen LogP contribution in [0.2, 0.25) is 5.02 Å². The molecule has 4 rings (SSSR count). The van der Waals surface area contributed by atoms with Crippen LogP contribution in [0.25, 0.3) is 0 Å². The molecule has 2 atom stereocenters. The minimum Gasteiger partial charge on any atom is -0.339 e. The van der Waals surface area contributed by atoms with Crippen molar-refractivity contribution in [3.63, 3.8) is 0 Å². The molecule has 1 aliphatic heterocycles. The lowest BCUT2D eigenvalue weighted by Crippen LogP contribution is -2.36. The van der Waals surface area contributed by atoms with Crippen LogP contribution in [0.4, 0.5) is 13.2 Å². The average molecular weight is 500 g/mol. The van der Waals surface area contributed by atoms with Gasteiger partial charge in [0.1, 0.15) is 0 Å². The standard InChI is InChI=1S/C21H21ClF3N5O2S/c1-29-12-20(28-13-29)33(31,32)30-10-16(18-4-2-3-7-26-18)19(11-30)27-9-14-5-6-15(8-17(14)22)21(23,24)25/h2-8,12-13,16,19,27H,9-11H2,1H3/t16-,19+/m1/s1. The molecule has 176 valence electrons. The number of hydrogen-bond donors (Lipinski definition) is 1. The van der Waals surface area contributed by atoms with Crippen molar-refractivity contribution in [2.24, 2.45) is 7.05 Å². The highest BCUT2D eigenvalue weighted by Crippen LogP contribution is 2.33. The summed E-state index contributed by atoms with van der Waals surface area (Å²) >= 11 is 6.09. The van der Waals surface area contributed by atoms with Gasteiger partial charge in [-0.25, -0.2) is 13.4 Å². The van der Waals surface area contributed by atoms with Gasteiger partial charge in [0.25, 0.3) is 10.0 Å². The van der Waals surface area contributed by atoms with Crippen molar-refractivity contribution in [1.82, 2.24) is 24.2 Å². The van der Waals surface area contributed by atoms with Gasteiger partial charge in [-0.05, 0) is 29.8 Å². The fourth-order valence-corrected chi connectivity index (χ4v) is 5.53. The zero-order valence-electron chi connectivity index (χ0n) is 17.5. The smallest absolute Gasteiger partial charge is 0.339 e. The van der Waals surface area contributed by atoms with Crippen molar-refractivity contribution in [2.75, 3.05) is 13.1 Å². The summed E-state index contributed by atoms with van der Waals surface area (Å²) in [5, 5.41) is 3.21. The first kappa shape index (κ1) is 23.7. The number of rotatable bonds is 6. The third-order valence-electron chi connectivity index (χ3n) is 5.57. The lowest BCUT2D eigenvalue weighted by molar-refractivity contribution is -0.137. The summed E-state index contributed by atoms with van der Waals surface area (Å²) in [6, 6.07) is 8.27. The van der Waals surface area contributed by atoms with E-state index in [1.165, 1.54) is 22.9 Å². The number of pyridine rings is 1. The molecule has 1 N–H and O–H groups in total. The van der Waals surface area contributed by atoms with E-state index in [0.717, 1.165) is 12.1 Å². The van der Waals surface area contributed by atoms with Gasteiger partial charge >= 0.3 is 6.18 Å². The minimum atomic E-state index is -4.48. The second kappa shape index (κ2) is 9.05. The van der Waals surface area contributed by atoms with E-state index in [0.29, 0.717) is 11.3 Å². The molecule has 3 heterocycles. The molecule has 33 heavy (non-hydrogen) atoms. The van der Waals surface area contributed by atoms with E-state index < -0.39 is 21.8 Å². The molecule has 3 aromatic rings. The normalized spacial score (nSPS) is 19.8. The molecule has 2 aromatic heterocycles. The maximum absolute atomic E-state index is 13.1. The number of nitrogens with one attached hydrogen (secondary N) is 1. The van der Waals surface area contributed by atoms with Crippen LogP contribution in [-0.2, 0) is 29.8 Å². The van der Waals surface area contributed by atoms with E-state index in [9.17, 15) is 21.6 Å². The molecule has 1 saturated heterocycles. The first-order valence-electron chi connectivity index (χ1n) is 10.0. The summed E-state index contributed by atoms with van der Waals surface area (Å²) in [7, 11) is -2.14. The van der Waals surface area contributed by atoms with Crippen molar-refractivity contribution in [1.29, 1.82) is 0 Å². The third-order valence-corrected chi connectivity index (χ3v) is 7.64. The number of sulfonamides is 1. The quantitative estimate of drug-likeness (QED) is 0.562. The van der Waals surface area contributed by atoms with E-state index in [1.807, 2.05) is 12.1 Å². The molecule has 1 aromatic carbocycles. The topological polar surface area (TPSA) is 80.1 Å². The number of aromatic nitrogens is 3. The van der Waals surface area contributed by atoms with Crippen molar-refractivity contribution < 1.29 is 21.6 Å². The fourth-order valence-electron chi connectivity index (χ4n) is 3.83. The average Bonchev–Trinajstić information content (AvgIpc) is 3.40. The highest BCUT2D eigenvalue weighted by Gasteiger charge is 2.41. The van der Waals surface area contributed by atoms with Gasteiger partial charge in [-0.3, -0.25) is 4.98 Å². The van der Waals surface area contributed by atoms with Gasteiger partial charge in [-0.2, -0.15) is 17.5 Å². The van der Waals surface area contributed by atoms with Crippen LogP contribution < -0.4 is 5.32 Å². The Balaban J connectivity index is 1.56. The van der Waals surface area contributed by atoms with E-state index >= 15 is 0 Å². The molecular weight excluding hydrogens is 479 g/mol. The summed E-state index contributed by atoms with van der Waals surface area (Å²) in [5.41, 5.74) is 0.374. The molecular formula is C21H21ClF3N5O2S. The van der Waals surface area contributed by atoms with Crippen molar-refractivity contribution in [3.05, 3.63) is 77.0 Å². The second-order valence-corrected chi connectivity index (χ2v) is 10.1. The van der Waals surface area contributed by atoms with Crippen LogP contribution in [0.15, 0.2) is 60.1 Å².